The zero-order chi connectivity index (χ0) is 10.8. The maximum absolute atomic E-state index is 13.3. The molecule has 0 aliphatic carbocycles. The third kappa shape index (κ3) is 2.27. The van der Waals surface area contributed by atoms with Crippen LogP contribution in [0.3, 0.4) is 0 Å². The molecule has 0 radical (unpaired) electrons. The molecule has 0 fully saturated rings. The summed E-state index contributed by atoms with van der Waals surface area (Å²) < 4.78 is 25.9. The van der Waals surface area contributed by atoms with Gasteiger partial charge < -0.3 is 10.8 Å². The van der Waals surface area contributed by atoms with Crippen LogP contribution in [0.2, 0.25) is 0 Å². The van der Waals surface area contributed by atoms with Crippen molar-refractivity contribution in [2.24, 2.45) is 5.73 Å². The molecule has 0 saturated heterocycles. The van der Waals surface area contributed by atoms with Gasteiger partial charge in [0.1, 0.15) is 11.6 Å². The number of halogens is 2. The van der Waals surface area contributed by atoms with Crippen LogP contribution in [-0.4, -0.2) is 11.7 Å². The van der Waals surface area contributed by atoms with E-state index in [4.69, 9.17) is 10.8 Å². The smallest absolute Gasteiger partial charge is 0.131 e. The fourth-order valence-electron chi connectivity index (χ4n) is 1.32. The average molecular weight is 201 g/mol. The van der Waals surface area contributed by atoms with Crippen LogP contribution in [0, 0.1) is 11.6 Å². The lowest BCUT2D eigenvalue weighted by atomic mass is 9.90. The first-order chi connectivity index (χ1) is 6.47. The largest absolute Gasteiger partial charge is 0.396 e. The summed E-state index contributed by atoms with van der Waals surface area (Å²) in [7, 11) is 0. The maximum Gasteiger partial charge on any atom is 0.131 e. The van der Waals surface area contributed by atoms with Crippen molar-refractivity contribution in [3.8, 4) is 0 Å². The molecule has 14 heavy (non-hydrogen) atoms. The molecular weight excluding hydrogens is 188 g/mol. The summed E-state index contributed by atoms with van der Waals surface area (Å²) in [5, 5.41) is 8.73. The van der Waals surface area contributed by atoms with Crippen LogP contribution in [0.1, 0.15) is 18.9 Å². The minimum absolute atomic E-state index is 0.135. The molecule has 1 aromatic rings. The molecule has 0 aliphatic rings. The lowest BCUT2D eigenvalue weighted by Gasteiger charge is -2.24. The zero-order valence-corrected chi connectivity index (χ0v) is 7.93. The first-order valence-corrected chi connectivity index (χ1v) is 4.32. The fourth-order valence-corrected chi connectivity index (χ4v) is 1.32. The molecule has 1 aromatic carbocycles. The van der Waals surface area contributed by atoms with E-state index in [1.54, 1.807) is 6.92 Å². The van der Waals surface area contributed by atoms with Gasteiger partial charge in [0.25, 0.3) is 0 Å². The van der Waals surface area contributed by atoms with Crippen LogP contribution in [0.5, 0.6) is 0 Å². The van der Waals surface area contributed by atoms with Gasteiger partial charge >= 0.3 is 0 Å². The van der Waals surface area contributed by atoms with Crippen LogP contribution in [-0.2, 0) is 5.54 Å². The minimum Gasteiger partial charge on any atom is -0.396 e. The minimum atomic E-state index is -0.966. The number of nitrogens with two attached hydrogens (primary N) is 1. The van der Waals surface area contributed by atoms with Gasteiger partial charge in [-0.1, -0.05) is 6.07 Å². The predicted octanol–water partition coefficient (Wildman–Crippen LogP) is 1.52. The molecule has 4 heteroatoms. The Labute approximate surface area is 81.4 Å². The van der Waals surface area contributed by atoms with Crippen LogP contribution >= 0.6 is 0 Å². The highest BCUT2D eigenvalue weighted by Crippen LogP contribution is 2.24. The molecule has 78 valence electrons. The van der Waals surface area contributed by atoms with Crippen molar-refractivity contribution in [1.29, 1.82) is 0 Å². The first kappa shape index (κ1) is 11.1. The Balaban J connectivity index is 3.06. The van der Waals surface area contributed by atoms with E-state index in [2.05, 4.69) is 0 Å². The molecule has 2 nitrogen and oxygen atoms in total. The Bertz CT molecular complexity index is 326. The van der Waals surface area contributed by atoms with E-state index in [-0.39, 0.29) is 18.6 Å². The maximum atomic E-state index is 13.3. The van der Waals surface area contributed by atoms with Crippen LogP contribution in [0.4, 0.5) is 8.78 Å². The molecule has 0 bridgehead atoms. The second-order valence-corrected chi connectivity index (χ2v) is 3.52. The van der Waals surface area contributed by atoms with E-state index in [0.29, 0.717) is 0 Å². The molecular formula is C10H13F2NO. The average Bonchev–Trinajstić information content (AvgIpc) is 2.02. The molecule has 0 spiro atoms. The molecule has 3 N–H and O–H groups in total. The molecule has 0 amide bonds. The number of aliphatic hydroxyl groups excluding tert-OH is 1. The van der Waals surface area contributed by atoms with Gasteiger partial charge in [0.05, 0.1) is 0 Å². The second kappa shape index (κ2) is 4.02. The summed E-state index contributed by atoms with van der Waals surface area (Å²) in [6, 6.07) is 3.25. The third-order valence-corrected chi connectivity index (χ3v) is 2.18. The van der Waals surface area contributed by atoms with E-state index in [9.17, 15) is 8.78 Å². The normalized spacial score (nSPS) is 15.2. The van der Waals surface area contributed by atoms with Gasteiger partial charge in [-0.2, -0.15) is 0 Å². The summed E-state index contributed by atoms with van der Waals surface area (Å²) in [6.07, 6.45) is 0.232. The Kier molecular flexibility index (Phi) is 3.18. The first-order valence-electron chi connectivity index (χ1n) is 4.32. The summed E-state index contributed by atoms with van der Waals surface area (Å²) >= 11 is 0. The SMILES string of the molecule is C[C@@](N)(CCO)c1ccc(F)cc1F. The van der Waals surface area contributed by atoms with Gasteiger partial charge in [-0.15, -0.1) is 0 Å². The van der Waals surface area contributed by atoms with E-state index in [0.717, 1.165) is 12.1 Å². The van der Waals surface area contributed by atoms with Crippen molar-refractivity contribution < 1.29 is 13.9 Å². The van der Waals surface area contributed by atoms with Crippen molar-refractivity contribution >= 4 is 0 Å². The van der Waals surface area contributed by atoms with Gasteiger partial charge in [0, 0.05) is 23.8 Å². The highest BCUT2D eigenvalue weighted by Gasteiger charge is 2.24. The topological polar surface area (TPSA) is 46.2 Å². The number of rotatable bonds is 3. The van der Waals surface area contributed by atoms with Gasteiger partial charge in [-0.3, -0.25) is 0 Å². The molecule has 0 aliphatic heterocycles. The second-order valence-electron chi connectivity index (χ2n) is 3.52. The summed E-state index contributed by atoms with van der Waals surface area (Å²) in [5.74, 6) is -1.31. The highest BCUT2D eigenvalue weighted by molar-refractivity contribution is 5.25. The number of hydrogen-bond acceptors (Lipinski definition) is 2. The van der Waals surface area contributed by atoms with Crippen LogP contribution in [0.25, 0.3) is 0 Å². The van der Waals surface area contributed by atoms with E-state index in [1.165, 1.54) is 6.07 Å². The van der Waals surface area contributed by atoms with Crippen LogP contribution < -0.4 is 5.73 Å². The zero-order valence-electron chi connectivity index (χ0n) is 7.93. The quantitative estimate of drug-likeness (QED) is 0.778. The van der Waals surface area contributed by atoms with Gasteiger partial charge in [-0.05, 0) is 19.4 Å². The fraction of sp³-hybridized carbons (Fsp3) is 0.400. The summed E-state index contributed by atoms with van der Waals surface area (Å²) in [6.45, 7) is 1.46. The lowest BCUT2D eigenvalue weighted by Crippen LogP contribution is -2.35. The molecule has 1 rings (SSSR count). The van der Waals surface area contributed by atoms with Crippen molar-refractivity contribution in [3.63, 3.8) is 0 Å². The number of aliphatic hydroxyl groups is 1. The van der Waals surface area contributed by atoms with Crippen molar-refractivity contribution in [1.82, 2.24) is 0 Å². The molecule has 1 atom stereocenters. The monoisotopic (exact) mass is 201 g/mol. The molecule has 0 heterocycles. The number of benzene rings is 1. The Morgan fingerprint density at radius 3 is 2.57 bits per heavy atom. The van der Waals surface area contributed by atoms with Gasteiger partial charge in [0.15, 0.2) is 0 Å². The van der Waals surface area contributed by atoms with Crippen molar-refractivity contribution in [2.75, 3.05) is 6.61 Å². The Morgan fingerprint density at radius 2 is 2.07 bits per heavy atom. The molecule has 0 aromatic heterocycles. The summed E-state index contributed by atoms with van der Waals surface area (Å²) in [4.78, 5) is 0. The number of hydrogen-bond donors (Lipinski definition) is 2. The van der Waals surface area contributed by atoms with Crippen LogP contribution in [0.15, 0.2) is 18.2 Å². The molecule has 0 saturated carbocycles. The summed E-state index contributed by atoms with van der Waals surface area (Å²) in [5.41, 5.74) is 5.03. The third-order valence-electron chi connectivity index (χ3n) is 2.18. The van der Waals surface area contributed by atoms with Gasteiger partial charge in [0.2, 0.25) is 0 Å². The van der Waals surface area contributed by atoms with E-state index < -0.39 is 17.2 Å². The van der Waals surface area contributed by atoms with E-state index in [1.807, 2.05) is 0 Å². The Hall–Kier alpha value is -1.00. The lowest BCUT2D eigenvalue weighted by molar-refractivity contribution is 0.244. The van der Waals surface area contributed by atoms with Crippen molar-refractivity contribution in [2.45, 2.75) is 18.9 Å². The highest BCUT2D eigenvalue weighted by atomic mass is 19.1. The standard InChI is InChI=1S/C10H13F2NO/c1-10(13,4-5-14)8-3-2-7(11)6-9(8)12/h2-3,6,14H,4-5,13H2,1H3/t10-/m1/s1. The van der Waals surface area contributed by atoms with Crippen molar-refractivity contribution in [3.05, 3.63) is 35.4 Å². The van der Waals surface area contributed by atoms with E-state index >= 15 is 0 Å². The molecule has 0 unspecified atom stereocenters. The predicted molar refractivity (Wildman–Crippen MR) is 49.6 cm³/mol. The van der Waals surface area contributed by atoms with Gasteiger partial charge in [-0.25, -0.2) is 8.78 Å². The Morgan fingerprint density at radius 1 is 1.43 bits per heavy atom.